The number of nitrogens with one attached hydrogen (secondary N) is 2. The lowest BCUT2D eigenvalue weighted by atomic mass is 10.0. The number of piperidine rings is 1. The lowest BCUT2D eigenvalue weighted by Gasteiger charge is -2.31. The van der Waals surface area contributed by atoms with Gasteiger partial charge in [0.1, 0.15) is 0 Å². The first kappa shape index (κ1) is 21.4. The van der Waals surface area contributed by atoms with Gasteiger partial charge in [-0.2, -0.15) is 0 Å². The lowest BCUT2D eigenvalue weighted by molar-refractivity contribution is -0.119. The van der Waals surface area contributed by atoms with Crippen LogP contribution in [-0.2, 0) is 9.59 Å². The molecule has 5 nitrogen and oxygen atoms in total. The highest BCUT2D eigenvalue weighted by Gasteiger charge is 2.21. The summed E-state index contributed by atoms with van der Waals surface area (Å²) >= 11 is 11.9. The molecule has 1 aliphatic heterocycles. The van der Waals surface area contributed by atoms with Crippen molar-refractivity contribution in [2.75, 3.05) is 25.0 Å². The summed E-state index contributed by atoms with van der Waals surface area (Å²) in [5.41, 5.74) is 1.61. The summed E-state index contributed by atoms with van der Waals surface area (Å²) in [5, 5.41) is 6.85. The average molecular weight is 432 g/mol. The van der Waals surface area contributed by atoms with Gasteiger partial charge < -0.3 is 10.6 Å². The summed E-state index contributed by atoms with van der Waals surface area (Å²) in [4.78, 5) is 26.4. The van der Waals surface area contributed by atoms with Crippen LogP contribution in [0.3, 0.4) is 0 Å². The van der Waals surface area contributed by atoms with Gasteiger partial charge in [-0.25, -0.2) is 0 Å². The first-order valence-corrected chi connectivity index (χ1v) is 10.3. The van der Waals surface area contributed by atoms with Crippen LogP contribution in [0.2, 0.25) is 10.0 Å². The zero-order valence-corrected chi connectivity index (χ0v) is 17.4. The molecule has 0 unspecified atom stereocenters. The van der Waals surface area contributed by atoms with Gasteiger partial charge in [0, 0.05) is 30.9 Å². The Labute approximate surface area is 180 Å². The Morgan fingerprint density at radius 1 is 1.03 bits per heavy atom. The zero-order chi connectivity index (χ0) is 20.6. The topological polar surface area (TPSA) is 61.4 Å². The summed E-state index contributed by atoms with van der Waals surface area (Å²) in [6.45, 7) is 1.89. The van der Waals surface area contributed by atoms with Gasteiger partial charge in [-0.05, 0) is 48.7 Å². The van der Waals surface area contributed by atoms with Gasteiger partial charge in [0.05, 0.1) is 16.6 Å². The van der Waals surface area contributed by atoms with Crippen molar-refractivity contribution in [3.8, 4) is 0 Å². The maximum absolute atomic E-state index is 12.2. The minimum Gasteiger partial charge on any atom is -0.350 e. The molecule has 0 bridgehead atoms. The molecule has 1 aliphatic rings. The highest BCUT2D eigenvalue weighted by molar-refractivity contribution is 6.42. The van der Waals surface area contributed by atoms with Crippen LogP contribution >= 0.6 is 23.2 Å². The molecule has 0 atom stereocenters. The van der Waals surface area contributed by atoms with Gasteiger partial charge in [-0.15, -0.1) is 0 Å². The fourth-order valence-electron chi connectivity index (χ4n) is 3.20. The molecule has 1 saturated heterocycles. The largest absolute Gasteiger partial charge is 0.350 e. The maximum Gasteiger partial charge on any atom is 0.244 e. The molecule has 2 aromatic rings. The number of nitrogens with zero attached hydrogens (tertiary/aromatic N) is 1. The molecule has 0 aliphatic carbocycles. The number of hydrogen-bond acceptors (Lipinski definition) is 3. The van der Waals surface area contributed by atoms with E-state index in [1.165, 1.54) is 6.08 Å². The van der Waals surface area contributed by atoms with Crippen LogP contribution in [-0.4, -0.2) is 42.4 Å². The van der Waals surface area contributed by atoms with Crippen LogP contribution < -0.4 is 10.6 Å². The summed E-state index contributed by atoms with van der Waals surface area (Å²) in [6, 6.07) is 14.7. The smallest absolute Gasteiger partial charge is 0.244 e. The van der Waals surface area contributed by atoms with Crippen LogP contribution in [0.4, 0.5) is 5.69 Å². The number of benzene rings is 2. The van der Waals surface area contributed by atoms with E-state index in [0.29, 0.717) is 16.6 Å². The molecule has 152 valence electrons. The van der Waals surface area contributed by atoms with E-state index in [1.807, 2.05) is 30.3 Å². The molecular formula is C22H23Cl2N3O2. The van der Waals surface area contributed by atoms with E-state index in [2.05, 4.69) is 15.5 Å². The fourth-order valence-corrected chi connectivity index (χ4v) is 3.50. The lowest BCUT2D eigenvalue weighted by Crippen LogP contribution is -2.46. The van der Waals surface area contributed by atoms with Crippen molar-refractivity contribution in [2.45, 2.75) is 18.9 Å². The predicted molar refractivity (Wildman–Crippen MR) is 118 cm³/mol. The van der Waals surface area contributed by atoms with Gasteiger partial charge >= 0.3 is 0 Å². The normalized spacial score (nSPS) is 15.4. The van der Waals surface area contributed by atoms with Crippen molar-refractivity contribution in [1.82, 2.24) is 10.2 Å². The zero-order valence-electron chi connectivity index (χ0n) is 15.9. The van der Waals surface area contributed by atoms with Crippen molar-refractivity contribution in [3.63, 3.8) is 0 Å². The van der Waals surface area contributed by atoms with Crippen molar-refractivity contribution in [2.24, 2.45) is 0 Å². The van der Waals surface area contributed by atoms with Crippen molar-refractivity contribution in [3.05, 3.63) is 70.2 Å². The molecule has 2 aromatic carbocycles. The summed E-state index contributed by atoms with van der Waals surface area (Å²) in [6.07, 6.45) is 4.83. The molecule has 3 rings (SSSR count). The second-order valence-corrected chi connectivity index (χ2v) is 7.79. The first-order chi connectivity index (χ1) is 14.0. The Hall–Kier alpha value is -2.34. The van der Waals surface area contributed by atoms with E-state index in [0.717, 1.165) is 37.2 Å². The van der Waals surface area contributed by atoms with Crippen LogP contribution in [0.15, 0.2) is 54.6 Å². The average Bonchev–Trinajstić information content (AvgIpc) is 2.71. The predicted octanol–water partition coefficient (Wildman–Crippen LogP) is 4.23. The number of amides is 2. The van der Waals surface area contributed by atoms with E-state index in [9.17, 15) is 9.59 Å². The Balaban J connectivity index is 1.40. The van der Waals surface area contributed by atoms with Gasteiger partial charge in [0.2, 0.25) is 11.8 Å². The quantitative estimate of drug-likeness (QED) is 0.672. The number of anilines is 1. The second-order valence-electron chi connectivity index (χ2n) is 6.98. The van der Waals surface area contributed by atoms with Crippen LogP contribution in [0.25, 0.3) is 6.08 Å². The van der Waals surface area contributed by atoms with E-state index in [4.69, 9.17) is 23.2 Å². The fraction of sp³-hybridized carbons (Fsp3) is 0.273. The SMILES string of the molecule is O=C(/C=C/c1ccc(Cl)c(Cl)c1)NC1CCN(CC(=O)Nc2ccccc2)CC1. The van der Waals surface area contributed by atoms with Crippen LogP contribution in [0.5, 0.6) is 0 Å². The Morgan fingerprint density at radius 2 is 1.76 bits per heavy atom. The van der Waals surface area contributed by atoms with Gasteiger partial charge in [0.15, 0.2) is 0 Å². The molecule has 7 heteroatoms. The number of hydrogen-bond donors (Lipinski definition) is 2. The number of carbonyl (C=O) groups is 2. The molecule has 0 radical (unpaired) electrons. The van der Waals surface area contributed by atoms with Crippen LogP contribution in [0, 0.1) is 0 Å². The number of para-hydroxylation sites is 1. The first-order valence-electron chi connectivity index (χ1n) is 9.50. The van der Waals surface area contributed by atoms with Crippen molar-refractivity contribution >= 4 is 46.8 Å². The second kappa shape index (κ2) is 10.4. The Kier molecular flexibility index (Phi) is 7.69. The molecule has 0 spiro atoms. The molecule has 0 saturated carbocycles. The standard InChI is InChI=1S/C22H23Cl2N3O2/c23-19-8-6-16(14-20(19)24)7-9-21(28)25-18-10-12-27(13-11-18)15-22(29)26-17-4-2-1-3-5-17/h1-9,14,18H,10-13,15H2,(H,25,28)(H,26,29)/b9-7+. The minimum atomic E-state index is -0.142. The Bertz CT molecular complexity index is 879. The third kappa shape index (κ3) is 6.89. The van der Waals surface area contributed by atoms with Gasteiger partial charge in [0.25, 0.3) is 0 Å². The van der Waals surface area contributed by atoms with E-state index >= 15 is 0 Å². The number of carbonyl (C=O) groups excluding carboxylic acids is 2. The third-order valence-corrected chi connectivity index (χ3v) is 5.47. The Morgan fingerprint density at radius 3 is 2.45 bits per heavy atom. The van der Waals surface area contributed by atoms with E-state index < -0.39 is 0 Å². The molecule has 0 aromatic heterocycles. The maximum atomic E-state index is 12.2. The van der Waals surface area contributed by atoms with E-state index in [1.54, 1.807) is 24.3 Å². The molecule has 29 heavy (non-hydrogen) atoms. The van der Waals surface area contributed by atoms with E-state index in [-0.39, 0.29) is 17.9 Å². The summed E-state index contributed by atoms with van der Waals surface area (Å²) in [5.74, 6) is -0.167. The highest BCUT2D eigenvalue weighted by atomic mass is 35.5. The number of likely N-dealkylation sites (tertiary alicyclic amines) is 1. The summed E-state index contributed by atoms with van der Waals surface area (Å²) in [7, 11) is 0. The summed E-state index contributed by atoms with van der Waals surface area (Å²) < 4.78 is 0. The molecule has 1 fully saturated rings. The van der Waals surface area contributed by atoms with Gasteiger partial charge in [-0.1, -0.05) is 47.5 Å². The minimum absolute atomic E-state index is 0.0248. The third-order valence-electron chi connectivity index (χ3n) is 4.73. The molecule has 2 N–H and O–H groups in total. The van der Waals surface area contributed by atoms with Crippen LogP contribution in [0.1, 0.15) is 18.4 Å². The number of halogens is 2. The molecular weight excluding hydrogens is 409 g/mol. The highest BCUT2D eigenvalue weighted by Crippen LogP contribution is 2.23. The molecule has 1 heterocycles. The van der Waals surface area contributed by atoms with Gasteiger partial charge in [-0.3, -0.25) is 14.5 Å². The number of rotatable bonds is 6. The van der Waals surface area contributed by atoms with Crippen molar-refractivity contribution < 1.29 is 9.59 Å². The molecule has 2 amide bonds. The monoisotopic (exact) mass is 431 g/mol. The van der Waals surface area contributed by atoms with Crippen molar-refractivity contribution in [1.29, 1.82) is 0 Å².